The van der Waals surface area contributed by atoms with Crippen LogP contribution in [0.3, 0.4) is 0 Å². The van der Waals surface area contributed by atoms with Crippen molar-refractivity contribution in [2.24, 2.45) is 0 Å². The Labute approximate surface area is 184 Å². The number of hydrogen-bond acceptors (Lipinski definition) is 5. The summed E-state index contributed by atoms with van der Waals surface area (Å²) >= 11 is 5.53. The molecule has 1 amide bonds. The zero-order valence-corrected chi connectivity index (χ0v) is 17.9. The summed E-state index contributed by atoms with van der Waals surface area (Å²) in [7, 11) is 0. The van der Waals surface area contributed by atoms with Crippen LogP contribution < -0.4 is 5.32 Å². The molecule has 0 aromatic heterocycles. The van der Waals surface area contributed by atoms with Crippen molar-refractivity contribution >= 4 is 17.5 Å². The highest BCUT2D eigenvalue weighted by molar-refractivity contribution is 6.30. The fraction of sp³-hybridized carbons (Fsp3) is 0.318. The lowest BCUT2D eigenvalue weighted by Gasteiger charge is -2.29. The number of benzene rings is 2. The summed E-state index contributed by atoms with van der Waals surface area (Å²) in [5.74, 6) is -4.06. The van der Waals surface area contributed by atoms with E-state index in [0.717, 1.165) is 11.6 Å². The Morgan fingerprint density at radius 1 is 1.16 bits per heavy atom. The lowest BCUT2D eigenvalue weighted by atomic mass is 10.2. The van der Waals surface area contributed by atoms with Crippen LogP contribution in [0.5, 0.6) is 0 Å². The van der Waals surface area contributed by atoms with Crippen LogP contribution in [-0.2, 0) is 32.2 Å². The van der Waals surface area contributed by atoms with Gasteiger partial charge in [0.1, 0.15) is 16.7 Å². The summed E-state index contributed by atoms with van der Waals surface area (Å²) in [4.78, 5) is 12.3. The summed E-state index contributed by atoms with van der Waals surface area (Å²) in [6.45, 7) is 3.16. The number of ether oxygens (including phenoxy) is 3. The zero-order valence-electron chi connectivity index (χ0n) is 17.2. The highest BCUT2D eigenvalue weighted by Gasteiger charge is 2.28. The second kappa shape index (κ2) is 11.8. The SMILES string of the molecule is CCOC(C)(OC/C(=C\O)C(=O)NCc1ccc(F)c(Cl)c1F)OCc1ccccc1. The molecule has 0 saturated heterocycles. The molecule has 0 fully saturated rings. The lowest BCUT2D eigenvalue weighted by molar-refractivity contribution is -0.370. The molecule has 0 saturated carbocycles. The number of aliphatic hydroxyl groups excluding tert-OH is 1. The van der Waals surface area contributed by atoms with Gasteiger partial charge in [-0.25, -0.2) is 8.78 Å². The number of carbonyl (C=O) groups is 1. The van der Waals surface area contributed by atoms with Crippen molar-refractivity contribution in [1.29, 1.82) is 0 Å². The molecule has 0 spiro atoms. The number of aliphatic hydroxyl groups is 1. The molecular weight excluding hydrogens is 432 g/mol. The quantitative estimate of drug-likeness (QED) is 0.224. The van der Waals surface area contributed by atoms with Gasteiger partial charge in [-0.3, -0.25) is 4.79 Å². The van der Waals surface area contributed by atoms with Crippen molar-refractivity contribution in [2.75, 3.05) is 13.2 Å². The average Bonchev–Trinajstić information content (AvgIpc) is 2.77. The van der Waals surface area contributed by atoms with Crippen LogP contribution in [-0.4, -0.2) is 30.2 Å². The number of amides is 1. The maximum absolute atomic E-state index is 14.0. The molecule has 168 valence electrons. The van der Waals surface area contributed by atoms with Crippen LogP contribution in [0.25, 0.3) is 0 Å². The number of hydrogen-bond donors (Lipinski definition) is 2. The predicted octanol–water partition coefficient (Wildman–Crippen LogP) is 4.62. The van der Waals surface area contributed by atoms with Gasteiger partial charge >= 0.3 is 0 Å². The van der Waals surface area contributed by atoms with Gasteiger partial charge < -0.3 is 24.6 Å². The summed E-state index contributed by atoms with van der Waals surface area (Å²) in [5, 5.41) is 11.2. The van der Waals surface area contributed by atoms with Crippen LogP contribution in [0.2, 0.25) is 5.02 Å². The van der Waals surface area contributed by atoms with Gasteiger partial charge in [0.05, 0.1) is 25.0 Å². The molecule has 6 nitrogen and oxygen atoms in total. The van der Waals surface area contributed by atoms with Crippen LogP contribution in [0.4, 0.5) is 8.78 Å². The molecule has 1 unspecified atom stereocenters. The molecule has 2 aromatic rings. The zero-order chi connectivity index (χ0) is 22.9. The van der Waals surface area contributed by atoms with E-state index in [-0.39, 0.29) is 37.5 Å². The lowest BCUT2D eigenvalue weighted by Crippen LogP contribution is -2.38. The van der Waals surface area contributed by atoms with Gasteiger partial charge in [0, 0.05) is 25.6 Å². The van der Waals surface area contributed by atoms with Crippen molar-refractivity contribution in [3.05, 3.63) is 82.1 Å². The Morgan fingerprint density at radius 3 is 2.52 bits per heavy atom. The molecule has 0 aliphatic rings. The van der Waals surface area contributed by atoms with Gasteiger partial charge in [-0.2, -0.15) is 0 Å². The summed E-state index contributed by atoms with van der Waals surface area (Å²) in [6, 6.07) is 11.5. The third kappa shape index (κ3) is 7.29. The number of nitrogens with one attached hydrogen (secondary N) is 1. The predicted molar refractivity (Wildman–Crippen MR) is 111 cm³/mol. The molecule has 31 heavy (non-hydrogen) atoms. The number of rotatable bonds is 11. The van der Waals surface area contributed by atoms with Crippen LogP contribution >= 0.6 is 11.6 Å². The Bertz CT molecular complexity index is 910. The van der Waals surface area contributed by atoms with E-state index in [2.05, 4.69) is 5.32 Å². The summed E-state index contributed by atoms with van der Waals surface area (Å²) in [5.41, 5.74) is 0.735. The van der Waals surface area contributed by atoms with E-state index in [1.54, 1.807) is 13.8 Å². The van der Waals surface area contributed by atoms with E-state index < -0.39 is 28.5 Å². The van der Waals surface area contributed by atoms with Gasteiger partial charge in [-0.15, -0.1) is 0 Å². The van der Waals surface area contributed by atoms with E-state index in [1.165, 1.54) is 6.07 Å². The maximum atomic E-state index is 14.0. The summed E-state index contributed by atoms with van der Waals surface area (Å²) in [6.07, 6.45) is 0.576. The van der Waals surface area contributed by atoms with Gasteiger partial charge in [0.25, 0.3) is 11.9 Å². The first-order valence-corrected chi connectivity index (χ1v) is 9.87. The van der Waals surface area contributed by atoms with E-state index >= 15 is 0 Å². The molecule has 0 aliphatic carbocycles. The fourth-order valence-electron chi connectivity index (χ4n) is 2.54. The van der Waals surface area contributed by atoms with Crippen molar-refractivity contribution in [1.82, 2.24) is 5.32 Å². The second-order valence-corrected chi connectivity index (χ2v) is 6.91. The normalized spacial score (nSPS) is 13.6. The Kier molecular flexibility index (Phi) is 9.39. The Balaban J connectivity index is 1.95. The van der Waals surface area contributed by atoms with Crippen molar-refractivity contribution in [2.45, 2.75) is 33.0 Å². The molecule has 0 bridgehead atoms. The van der Waals surface area contributed by atoms with Gasteiger partial charge in [0.2, 0.25) is 0 Å². The molecule has 2 N–H and O–H groups in total. The minimum atomic E-state index is -1.48. The average molecular weight is 456 g/mol. The largest absolute Gasteiger partial charge is 0.515 e. The van der Waals surface area contributed by atoms with E-state index in [4.69, 9.17) is 25.8 Å². The molecular formula is C22H24ClF2NO5. The topological polar surface area (TPSA) is 77.0 Å². The van der Waals surface area contributed by atoms with Crippen LogP contribution in [0.1, 0.15) is 25.0 Å². The second-order valence-electron chi connectivity index (χ2n) is 6.53. The molecule has 1 atom stereocenters. The van der Waals surface area contributed by atoms with Crippen LogP contribution in [0.15, 0.2) is 54.3 Å². The highest BCUT2D eigenvalue weighted by Crippen LogP contribution is 2.22. The molecule has 2 aromatic carbocycles. The van der Waals surface area contributed by atoms with E-state index in [9.17, 15) is 18.7 Å². The molecule has 2 rings (SSSR count). The van der Waals surface area contributed by atoms with Crippen molar-refractivity contribution in [3.8, 4) is 0 Å². The maximum Gasteiger partial charge on any atom is 0.280 e. The Morgan fingerprint density at radius 2 is 1.87 bits per heavy atom. The number of halogens is 3. The first kappa shape index (κ1) is 24.7. The third-order valence-corrected chi connectivity index (χ3v) is 4.59. The molecule has 9 heteroatoms. The van der Waals surface area contributed by atoms with Crippen molar-refractivity contribution in [3.63, 3.8) is 0 Å². The number of carbonyl (C=O) groups excluding carboxylic acids is 1. The van der Waals surface area contributed by atoms with Crippen LogP contribution in [0, 0.1) is 11.6 Å². The van der Waals surface area contributed by atoms with Crippen molar-refractivity contribution < 1.29 is 32.9 Å². The van der Waals surface area contributed by atoms with Gasteiger partial charge in [0.15, 0.2) is 0 Å². The Hall–Kier alpha value is -2.52. The molecule has 0 radical (unpaired) electrons. The summed E-state index contributed by atoms with van der Waals surface area (Å²) < 4.78 is 44.0. The van der Waals surface area contributed by atoms with E-state index in [0.29, 0.717) is 6.26 Å². The first-order valence-electron chi connectivity index (χ1n) is 9.49. The van der Waals surface area contributed by atoms with Gasteiger partial charge in [-0.05, 0) is 18.6 Å². The highest BCUT2D eigenvalue weighted by atomic mass is 35.5. The first-order chi connectivity index (χ1) is 14.8. The molecule has 0 aliphatic heterocycles. The van der Waals surface area contributed by atoms with Gasteiger partial charge in [-0.1, -0.05) is 48.0 Å². The minimum Gasteiger partial charge on any atom is -0.515 e. The standard InChI is InChI=1S/C22H24ClF2NO5/c1-3-29-22(2,30-13-15-7-5-4-6-8-15)31-14-17(12-27)21(28)26-11-16-9-10-18(24)19(23)20(16)25/h4-10,12,27H,3,11,13-14H2,1-2H3,(H,26,28)/b17-12+. The van der Waals surface area contributed by atoms with E-state index in [1.807, 2.05) is 30.3 Å². The smallest absolute Gasteiger partial charge is 0.280 e. The fourth-order valence-corrected chi connectivity index (χ4v) is 2.72. The third-order valence-electron chi connectivity index (χ3n) is 4.24. The minimum absolute atomic E-state index is 0.0108. The monoisotopic (exact) mass is 455 g/mol. The molecule has 0 heterocycles.